The Morgan fingerprint density at radius 2 is 1.57 bits per heavy atom. The van der Waals surface area contributed by atoms with Gasteiger partial charge in [-0.15, -0.1) is 11.8 Å². The monoisotopic (exact) mass is 308 g/mol. The minimum Gasteiger partial charge on any atom is -0.340 e. The van der Waals surface area contributed by atoms with Gasteiger partial charge in [-0.05, 0) is 37.5 Å². The average molecular weight is 308 g/mol. The molecule has 2 aliphatic carbocycles. The van der Waals surface area contributed by atoms with E-state index < -0.39 is 0 Å². The minimum atomic E-state index is -0.179. The molecule has 2 saturated heterocycles. The van der Waals surface area contributed by atoms with Crippen LogP contribution in [-0.4, -0.2) is 52.4 Å². The zero-order valence-electron chi connectivity index (χ0n) is 12.5. The number of hydrogen-bond donors (Lipinski definition) is 0. The van der Waals surface area contributed by atoms with Gasteiger partial charge in [-0.1, -0.05) is 12.8 Å². The number of rotatable bonds is 2. The third-order valence-electron chi connectivity index (χ3n) is 5.94. The number of carbonyl (C=O) groups excluding carboxylic acids is 2. The van der Waals surface area contributed by atoms with Crippen LogP contribution in [-0.2, 0) is 9.59 Å². The van der Waals surface area contributed by atoms with Gasteiger partial charge in [0, 0.05) is 24.8 Å². The second-order valence-electron chi connectivity index (χ2n) is 7.15. The summed E-state index contributed by atoms with van der Waals surface area (Å²) in [6.07, 6.45) is 7.13. The number of hydrogen-bond acceptors (Lipinski definition) is 3. The molecule has 0 bridgehead atoms. The van der Waals surface area contributed by atoms with Gasteiger partial charge in [-0.3, -0.25) is 9.59 Å². The number of likely N-dealkylation sites (tertiary alicyclic amines) is 1. The molecular formula is C16H24N2O2S. The van der Waals surface area contributed by atoms with Gasteiger partial charge in [-0.2, -0.15) is 0 Å². The Morgan fingerprint density at radius 3 is 2.19 bits per heavy atom. The van der Waals surface area contributed by atoms with Gasteiger partial charge in [0.1, 0.15) is 6.04 Å². The van der Waals surface area contributed by atoms with Crippen LogP contribution in [0, 0.1) is 17.8 Å². The number of thioether (sulfide) groups is 1. The van der Waals surface area contributed by atoms with Crippen molar-refractivity contribution in [1.82, 2.24) is 9.80 Å². The maximum absolute atomic E-state index is 12.8. The van der Waals surface area contributed by atoms with Crippen molar-refractivity contribution in [2.75, 3.05) is 24.7 Å². The first kappa shape index (κ1) is 13.9. The van der Waals surface area contributed by atoms with Crippen molar-refractivity contribution >= 4 is 23.6 Å². The molecular weight excluding hydrogens is 284 g/mol. The van der Waals surface area contributed by atoms with Gasteiger partial charge >= 0.3 is 0 Å². The standard InChI is InChI=1S/C16H24N2O2S/c19-15(11-3-1-4-11)18-10-21-9-14(18)16(20)17-7-12-5-2-6-13(12)8-17/h11-14H,1-10H2. The molecule has 2 amide bonds. The zero-order chi connectivity index (χ0) is 14.4. The lowest BCUT2D eigenvalue weighted by molar-refractivity contribution is -0.146. The Kier molecular flexibility index (Phi) is 3.64. The molecule has 21 heavy (non-hydrogen) atoms. The molecule has 0 aromatic rings. The Labute approximate surface area is 130 Å². The molecule has 0 spiro atoms. The molecule has 2 heterocycles. The lowest BCUT2D eigenvalue weighted by atomic mass is 9.84. The van der Waals surface area contributed by atoms with Crippen LogP contribution in [0.25, 0.3) is 0 Å². The molecule has 4 aliphatic rings. The summed E-state index contributed by atoms with van der Waals surface area (Å²) in [6, 6.07) is -0.179. The molecule has 4 nitrogen and oxygen atoms in total. The van der Waals surface area contributed by atoms with E-state index in [1.54, 1.807) is 11.8 Å². The highest BCUT2D eigenvalue weighted by Gasteiger charge is 2.44. The van der Waals surface area contributed by atoms with E-state index in [0.717, 1.165) is 43.5 Å². The van der Waals surface area contributed by atoms with E-state index in [0.29, 0.717) is 5.88 Å². The molecule has 2 aliphatic heterocycles. The second-order valence-corrected chi connectivity index (χ2v) is 8.15. The van der Waals surface area contributed by atoms with Crippen LogP contribution in [0.4, 0.5) is 0 Å². The van der Waals surface area contributed by atoms with Crippen LogP contribution >= 0.6 is 11.8 Å². The molecule has 5 heteroatoms. The lowest BCUT2D eigenvalue weighted by Crippen LogP contribution is -2.50. The van der Waals surface area contributed by atoms with Crippen molar-refractivity contribution in [3.8, 4) is 0 Å². The van der Waals surface area contributed by atoms with E-state index in [9.17, 15) is 9.59 Å². The van der Waals surface area contributed by atoms with Crippen LogP contribution in [0.2, 0.25) is 0 Å². The summed E-state index contributed by atoms with van der Waals surface area (Å²) < 4.78 is 0. The maximum atomic E-state index is 12.8. The predicted molar refractivity (Wildman–Crippen MR) is 82.7 cm³/mol. The fraction of sp³-hybridized carbons (Fsp3) is 0.875. The molecule has 116 valence electrons. The van der Waals surface area contributed by atoms with Crippen molar-refractivity contribution in [3.05, 3.63) is 0 Å². The summed E-state index contributed by atoms with van der Waals surface area (Å²) in [5.74, 6) is 3.65. The largest absolute Gasteiger partial charge is 0.340 e. The van der Waals surface area contributed by atoms with Gasteiger partial charge in [0.25, 0.3) is 0 Å². The van der Waals surface area contributed by atoms with Gasteiger partial charge in [0.05, 0.1) is 5.88 Å². The van der Waals surface area contributed by atoms with E-state index in [4.69, 9.17) is 0 Å². The summed E-state index contributed by atoms with van der Waals surface area (Å²) in [4.78, 5) is 29.3. The Morgan fingerprint density at radius 1 is 0.905 bits per heavy atom. The summed E-state index contributed by atoms with van der Waals surface area (Å²) >= 11 is 1.74. The first-order valence-electron chi connectivity index (χ1n) is 8.41. The van der Waals surface area contributed by atoms with E-state index in [1.807, 2.05) is 4.90 Å². The molecule has 4 fully saturated rings. The first-order chi connectivity index (χ1) is 10.2. The van der Waals surface area contributed by atoms with Crippen molar-refractivity contribution < 1.29 is 9.59 Å². The highest BCUT2D eigenvalue weighted by atomic mass is 32.2. The van der Waals surface area contributed by atoms with Crippen molar-refractivity contribution in [3.63, 3.8) is 0 Å². The second kappa shape index (κ2) is 5.49. The predicted octanol–water partition coefficient (Wildman–Crippen LogP) is 1.95. The SMILES string of the molecule is O=C(C1CSCN1C(=O)C1CCC1)N1CC2CCCC2C1. The van der Waals surface area contributed by atoms with E-state index in [-0.39, 0.29) is 23.8 Å². The van der Waals surface area contributed by atoms with E-state index >= 15 is 0 Å². The van der Waals surface area contributed by atoms with Crippen molar-refractivity contribution in [1.29, 1.82) is 0 Å². The Balaban J connectivity index is 1.42. The molecule has 0 aromatic heterocycles. The molecule has 3 atom stereocenters. The third kappa shape index (κ3) is 2.37. The number of fused-ring (bicyclic) bond motifs is 1. The van der Waals surface area contributed by atoms with E-state index in [1.165, 1.54) is 25.7 Å². The van der Waals surface area contributed by atoms with Gasteiger partial charge in [0.2, 0.25) is 11.8 Å². The van der Waals surface area contributed by atoms with Crippen molar-refractivity contribution in [2.45, 2.75) is 44.6 Å². The number of nitrogens with zero attached hydrogens (tertiary/aromatic N) is 2. The van der Waals surface area contributed by atoms with Gasteiger partial charge < -0.3 is 9.80 Å². The topological polar surface area (TPSA) is 40.6 Å². The fourth-order valence-electron chi connectivity index (χ4n) is 4.38. The van der Waals surface area contributed by atoms with Crippen LogP contribution in [0.5, 0.6) is 0 Å². The Bertz CT molecular complexity index is 440. The van der Waals surface area contributed by atoms with Gasteiger partial charge in [-0.25, -0.2) is 0 Å². The molecule has 2 saturated carbocycles. The summed E-state index contributed by atoms with van der Waals surface area (Å²) in [5, 5.41) is 0. The first-order valence-corrected chi connectivity index (χ1v) is 9.56. The highest BCUT2D eigenvalue weighted by molar-refractivity contribution is 7.99. The smallest absolute Gasteiger partial charge is 0.246 e. The average Bonchev–Trinajstić information content (AvgIpc) is 3.10. The molecule has 3 unspecified atom stereocenters. The Hall–Kier alpha value is -0.710. The quantitative estimate of drug-likeness (QED) is 0.783. The molecule has 0 N–H and O–H groups in total. The van der Waals surface area contributed by atoms with E-state index in [2.05, 4.69) is 4.90 Å². The normalized spacial score (nSPS) is 35.9. The van der Waals surface area contributed by atoms with Crippen LogP contribution in [0.15, 0.2) is 0 Å². The van der Waals surface area contributed by atoms with Crippen LogP contribution in [0.3, 0.4) is 0 Å². The van der Waals surface area contributed by atoms with Crippen LogP contribution < -0.4 is 0 Å². The van der Waals surface area contributed by atoms with Gasteiger partial charge in [0.15, 0.2) is 0 Å². The lowest BCUT2D eigenvalue weighted by Gasteiger charge is -2.33. The number of carbonyl (C=O) groups is 2. The highest BCUT2D eigenvalue weighted by Crippen LogP contribution is 2.39. The van der Waals surface area contributed by atoms with Crippen molar-refractivity contribution in [2.24, 2.45) is 17.8 Å². The molecule has 4 rings (SSSR count). The maximum Gasteiger partial charge on any atom is 0.246 e. The van der Waals surface area contributed by atoms with Crippen LogP contribution in [0.1, 0.15) is 38.5 Å². The zero-order valence-corrected chi connectivity index (χ0v) is 13.3. The summed E-state index contributed by atoms with van der Waals surface area (Å²) in [6.45, 7) is 1.88. The summed E-state index contributed by atoms with van der Waals surface area (Å²) in [7, 11) is 0. The number of amides is 2. The summed E-state index contributed by atoms with van der Waals surface area (Å²) in [5.41, 5.74) is 0. The molecule has 0 aromatic carbocycles. The third-order valence-corrected chi connectivity index (χ3v) is 6.96. The molecule has 0 radical (unpaired) electrons. The fourth-order valence-corrected chi connectivity index (χ4v) is 5.53. The minimum absolute atomic E-state index is 0.179.